The van der Waals surface area contributed by atoms with Crippen LogP contribution in [0.1, 0.15) is 33.0 Å². The van der Waals surface area contributed by atoms with Gasteiger partial charge in [0.05, 0.1) is 15.6 Å². The monoisotopic (exact) mass is 310 g/mol. The van der Waals surface area contributed by atoms with Crippen LogP contribution in [-0.4, -0.2) is 5.78 Å². The molecule has 0 saturated carbocycles. The fourth-order valence-electron chi connectivity index (χ4n) is 1.94. The third kappa shape index (κ3) is 2.01. The van der Waals surface area contributed by atoms with E-state index in [0.717, 1.165) is 5.56 Å². The molecule has 2 rings (SSSR count). The Balaban J connectivity index is 2.58. The Bertz CT molecular complexity index is 629. The van der Waals surface area contributed by atoms with E-state index in [9.17, 15) is 9.18 Å². The summed E-state index contributed by atoms with van der Waals surface area (Å²) in [5.41, 5.74) is 1.26. The van der Waals surface area contributed by atoms with Gasteiger partial charge in [0.15, 0.2) is 5.78 Å². The predicted molar refractivity (Wildman–Crippen MR) is 70.5 cm³/mol. The molecule has 2 nitrogen and oxygen atoms in total. The Hall–Kier alpha value is -1.42. The molecule has 0 unspecified atom stereocenters. The number of aryl methyl sites for hydroxylation is 2. The number of ketones is 1. The minimum absolute atomic E-state index is 0.0522. The van der Waals surface area contributed by atoms with E-state index in [1.807, 2.05) is 0 Å². The lowest BCUT2D eigenvalue weighted by molar-refractivity contribution is 0.103. The molecule has 0 fully saturated rings. The second kappa shape index (κ2) is 4.69. The van der Waals surface area contributed by atoms with Crippen LogP contribution in [0.15, 0.2) is 27.1 Å². The lowest BCUT2D eigenvalue weighted by Gasteiger charge is -2.04. The zero-order valence-electron chi connectivity index (χ0n) is 10.3. The molecule has 0 aliphatic heterocycles. The van der Waals surface area contributed by atoms with Gasteiger partial charge in [0.25, 0.3) is 0 Å². The smallest absolute Gasteiger partial charge is 0.199 e. The Morgan fingerprint density at radius 3 is 2.44 bits per heavy atom. The molecule has 0 aliphatic carbocycles. The molecule has 0 aliphatic rings. The first-order chi connectivity index (χ1) is 8.43. The van der Waals surface area contributed by atoms with Gasteiger partial charge in [0, 0.05) is 5.56 Å². The maximum absolute atomic E-state index is 13.9. The molecule has 2 aromatic rings. The highest BCUT2D eigenvalue weighted by atomic mass is 79.9. The Morgan fingerprint density at radius 2 is 1.89 bits per heavy atom. The maximum atomic E-state index is 13.9. The highest BCUT2D eigenvalue weighted by molar-refractivity contribution is 9.10. The van der Waals surface area contributed by atoms with Crippen LogP contribution in [-0.2, 0) is 0 Å². The van der Waals surface area contributed by atoms with Crippen molar-refractivity contribution in [2.24, 2.45) is 0 Å². The number of rotatable bonds is 2. The summed E-state index contributed by atoms with van der Waals surface area (Å²) in [5.74, 6) is 0.321. The normalized spacial score (nSPS) is 10.7. The van der Waals surface area contributed by atoms with Crippen molar-refractivity contribution in [1.82, 2.24) is 0 Å². The second-order valence-electron chi connectivity index (χ2n) is 4.14. The molecule has 1 heterocycles. The molecule has 18 heavy (non-hydrogen) atoms. The molecule has 0 bridgehead atoms. The van der Waals surface area contributed by atoms with Gasteiger partial charge in [-0.25, -0.2) is 4.39 Å². The van der Waals surface area contributed by atoms with Crippen LogP contribution in [0, 0.1) is 26.6 Å². The Labute approximate surface area is 113 Å². The van der Waals surface area contributed by atoms with Crippen LogP contribution in [0.3, 0.4) is 0 Å². The van der Waals surface area contributed by atoms with Crippen LogP contribution in [0.5, 0.6) is 0 Å². The van der Waals surface area contributed by atoms with E-state index in [0.29, 0.717) is 17.1 Å². The molecule has 0 N–H and O–H groups in total. The summed E-state index contributed by atoms with van der Waals surface area (Å²) < 4.78 is 19.6. The average Bonchev–Trinajstić information content (AvgIpc) is 2.56. The zero-order chi connectivity index (χ0) is 13.4. The number of carbonyl (C=O) groups excluding carboxylic acids is 1. The minimum atomic E-state index is -0.542. The van der Waals surface area contributed by atoms with Crippen molar-refractivity contribution in [2.75, 3.05) is 0 Å². The maximum Gasteiger partial charge on any atom is 0.199 e. The van der Waals surface area contributed by atoms with Gasteiger partial charge in [-0.15, -0.1) is 0 Å². The molecule has 1 aromatic carbocycles. The first kappa shape index (κ1) is 13.0. The van der Waals surface area contributed by atoms with Crippen LogP contribution < -0.4 is 0 Å². The van der Waals surface area contributed by atoms with Gasteiger partial charge in [0.2, 0.25) is 0 Å². The average molecular weight is 311 g/mol. The van der Waals surface area contributed by atoms with Crippen molar-refractivity contribution in [3.63, 3.8) is 0 Å². The van der Waals surface area contributed by atoms with Crippen LogP contribution in [0.25, 0.3) is 0 Å². The molecule has 0 atom stereocenters. The van der Waals surface area contributed by atoms with Gasteiger partial charge in [-0.2, -0.15) is 0 Å². The summed E-state index contributed by atoms with van der Waals surface area (Å²) in [4.78, 5) is 12.4. The van der Waals surface area contributed by atoms with E-state index in [-0.39, 0.29) is 15.8 Å². The first-order valence-electron chi connectivity index (χ1n) is 5.48. The van der Waals surface area contributed by atoms with Crippen LogP contribution >= 0.6 is 15.9 Å². The third-order valence-corrected chi connectivity index (χ3v) is 3.60. The van der Waals surface area contributed by atoms with Crippen molar-refractivity contribution in [1.29, 1.82) is 0 Å². The van der Waals surface area contributed by atoms with Gasteiger partial charge in [-0.3, -0.25) is 4.79 Å². The molecular formula is C14H12BrFO2. The number of carbonyl (C=O) groups is 1. The van der Waals surface area contributed by atoms with Gasteiger partial charge in [-0.1, -0.05) is 6.07 Å². The number of hydrogen-bond acceptors (Lipinski definition) is 2. The van der Waals surface area contributed by atoms with E-state index in [1.165, 1.54) is 6.07 Å². The fraction of sp³-hybridized carbons (Fsp3) is 0.214. The topological polar surface area (TPSA) is 30.2 Å². The molecule has 0 amide bonds. The third-order valence-electron chi connectivity index (χ3n) is 2.98. The summed E-state index contributed by atoms with van der Waals surface area (Å²) in [5, 5.41) is 0. The van der Waals surface area contributed by atoms with Gasteiger partial charge < -0.3 is 4.42 Å². The Morgan fingerprint density at radius 1 is 1.22 bits per heavy atom. The lowest BCUT2D eigenvalue weighted by atomic mass is 9.99. The quantitative estimate of drug-likeness (QED) is 0.772. The molecule has 0 saturated heterocycles. The summed E-state index contributed by atoms with van der Waals surface area (Å²) in [6.07, 6.45) is 0. The van der Waals surface area contributed by atoms with Gasteiger partial charge in [0.1, 0.15) is 17.3 Å². The van der Waals surface area contributed by atoms with E-state index in [2.05, 4.69) is 15.9 Å². The number of benzene rings is 1. The summed E-state index contributed by atoms with van der Waals surface area (Å²) in [6, 6.07) is 4.67. The SMILES string of the molecule is Cc1oc(C)c(C(=O)c2cccc(Br)c2F)c1C. The number of halogens is 2. The standard InChI is InChI=1S/C14H12BrFO2/c1-7-8(2)18-9(3)12(7)14(17)10-5-4-6-11(15)13(10)16/h4-6H,1-3H3. The highest BCUT2D eigenvalue weighted by Crippen LogP contribution is 2.26. The molecule has 0 radical (unpaired) electrons. The van der Waals surface area contributed by atoms with Crippen molar-refractivity contribution in [3.8, 4) is 0 Å². The van der Waals surface area contributed by atoms with Crippen LogP contribution in [0.2, 0.25) is 0 Å². The lowest BCUT2D eigenvalue weighted by Crippen LogP contribution is -2.06. The molecule has 94 valence electrons. The number of furan rings is 1. The summed E-state index contributed by atoms with van der Waals surface area (Å²) in [7, 11) is 0. The van der Waals surface area contributed by atoms with Crippen molar-refractivity contribution in [3.05, 3.63) is 56.7 Å². The molecule has 4 heteroatoms. The molecule has 0 spiro atoms. The largest absolute Gasteiger partial charge is 0.466 e. The van der Waals surface area contributed by atoms with Gasteiger partial charge >= 0.3 is 0 Å². The minimum Gasteiger partial charge on any atom is -0.466 e. The predicted octanol–water partition coefficient (Wildman–Crippen LogP) is 4.34. The van der Waals surface area contributed by atoms with E-state index in [4.69, 9.17) is 4.42 Å². The van der Waals surface area contributed by atoms with Gasteiger partial charge in [-0.05, 0) is 48.8 Å². The fourth-order valence-corrected chi connectivity index (χ4v) is 2.31. The van der Waals surface area contributed by atoms with Crippen molar-refractivity contribution < 1.29 is 13.6 Å². The molecular weight excluding hydrogens is 299 g/mol. The van der Waals surface area contributed by atoms with E-state index >= 15 is 0 Å². The summed E-state index contributed by atoms with van der Waals surface area (Å²) >= 11 is 3.08. The number of hydrogen-bond donors (Lipinski definition) is 0. The second-order valence-corrected chi connectivity index (χ2v) is 5.00. The highest BCUT2D eigenvalue weighted by Gasteiger charge is 2.23. The summed E-state index contributed by atoms with van der Waals surface area (Å²) in [6.45, 7) is 5.30. The first-order valence-corrected chi connectivity index (χ1v) is 6.28. The molecule has 1 aromatic heterocycles. The van der Waals surface area contributed by atoms with E-state index < -0.39 is 5.82 Å². The zero-order valence-corrected chi connectivity index (χ0v) is 11.9. The van der Waals surface area contributed by atoms with E-state index in [1.54, 1.807) is 32.9 Å². The van der Waals surface area contributed by atoms with Crippen molar-refractivity contribution >= 4 is 21.7 Å². The van der Waals surface area contributed by atoms with Crippen molar-refractivity contribution in [2.45, 2.75) is 20.8 Å². The Kier molecular flexibility index (Phi) is 3.39. The van der Waals surface area contributed by atoms with Crippen LogP contribution in [0.4, 0.5) is 4.39 Å².